The number of thioether (sulfide) groups is 1. The van der Waals surface area contributed by atoms with Crippen molar-refractivity contribution >= 4 is 17.9 Å². The van der Waals surface area contributed by atoms with E-state index in [1.807, 2.05) is 17.8 Å². The summed E-state index contributed by atoms with van der Waals surface area (Å²) in [5.41, 5.74) is 0. The van der Waals surface area contributed by atoms with Gasteiger partial charge in [-0.3, -0.25) is 0 Å². The zero-order valence-electron chi connectivity index (χ0n) is 12.6. The van der Waals surface area contributed by atoms with Crippen molar-refractivity contribution in [1.29, 1.82) is 0 Å². The molecule has 0 aliphatic rings. The summed E-state index contributed by atoms with van der Waals surface area (Å²) in [7, 11) is 0. The van der Waals surface area contributed by atoms with Crippen LogP contribution in [-0.2, 0) is 4.74 Å². The predicted molar refractivity (Wildman–Crippen MR) is 87.7 cm³/mol. The largest absolute Gasteiger partial charge is 0.505 e. The number of hydrogen-bond acceptors (Lipinski definition) is 3. The van der Waals surface area contributed by atoms with E-state index < -0.39 is 6.16 Å². The SMILES string of the molecule is C=CCSCCCCCCCCCCCCOC(=O)O. The van der Waals surface area contributed by atoms with Crippen LogP contribution in [0.2, 0.25) is 0 Å². The van der Waals surface area contributed by atoms with E-state index in [1.54, 1.807) is 0 Å². The topological polar surface area (TPSA) is 46.5 Å². The van der Waals surface area contributed by atoms with E-state index in [4.69, 9.17) is 5.11 Å². The van der Waals surface area contributed by atoms with Crippen molar-refractivity contribution in [2.45, 2.75) is 64.2 Å². The van der Waals surface area contributed by atoms with Gasteiger partial charge in [-0.15, -0.1) is 6.58 Å². The number of rotatable bonds is 15. The van der Waals surface area contributed by atoms with Crippen LogP contribution < -0.4 is 0 Å². The van der Waals surface area contributed by atoms with Gasteiger partial charge in [0.1, 0.15) is 0 Å². The van der Waals surface area contributed by atoms with E-state index in [1.165, 1.54) is 57.1 Å². The average Bonchev–Trinajstić information content (AvgIpc) is 2.43. The molecule has 0 atom stereocenters. The summed E-state index contributed by atoms with van der Waals surface area (Å²) < 4.78 is 4.46. The number of unbranched alkanes of at least 4 members (excludes halogenated alkanes) is 9. The molecule has 0 aliphatic heterocycles. The molecule has 0 aliphatic carbocycles. The van der Waals surface area contributed by atoms with E-state index in [9.17, 15) is 4.79 Å². The highest BCUT2D eigenvalue weighted by atomic mass is 32.2. The molecule has 0 radical (unpaired) electrons. The minimum absolute atomic E-state index is 0.346. The first-order valence-corrected chi connectivity index (χ1v) is 8.97. The fourth-order valence-electron chi connectivity index (χ4n) is 2.05. The molecule has 0 spiro atoms. The fourth-order valence-corrected chi connectivity index (χ4v) is 2.79. The molecule has 0 saturated heterocycles. The van der Waals surface area contributed by atoms with Crippen LogP contribution in [0.1, 0.15) is 64.2 Å². The molecule has 0 saturated carbocycles. The van der Waals surface area contributed by atoms with Crippen molar-refractivity contribution < 1.29 is 14.6 Å². The Morgan fingerprint density at radius 2 is 1.45 bits per heavy atom. The summed E-state index contributed by atoms with van der Waals surface area (Å²) in [5, 5.41) is 8.29. The van der Waals surface area contributed by atoms with Crippen molar-refractivity contribution in [1.82, 2.24) is 0 Å². The zero-order valence-corrected chi connectivity index (χ0v) is 13.5. The second-order valence-corrected chi connectivity index (χ2v) is 6.16. The molecule has 0 aromatic heterocycles. The standard InChI is InChI=1S/C16H30O3S/c1-2-14-20-15-12-10-8-6-4-3-5-7-9-11-13-19-16(17)18/h2H,1,3-15H2,(H,17,18). The van der Waals surface area contributed by atoms with E-state index in [0.717, 1.165) is 18.6 Å². The predicted octanol–water partition coefficient (Wildman–Crippen LogP) is 5.50. The van der Waals surface area contributed by atoms with Gasteiger partial charge in [0, 0.05) is 5.75 Å². The van der Waals surface area contributed by atoms with Crippen LogP contribution in [0.15, 0.2) is 12.7 Å². The third-order valence-electron chi connectivity index (χ3n) is 3.14. The minimum Gasteiger partial charge on any atom is -0.450 e. The van der Waals surface area contributed by atoms with Gasteiger partial charge in [-0.25, -0.2) is 4.79 Å². The lowest BCUT2D eigenvalue weighted by Gasteiger charge is -2.03. The Morgan fingerprint density at radius 1 is 0.950 bits per heavy atom. The lowest BCUT2D eigenvalue weighted by molar-refractivity contribution is 0.0899. The monoisotopic (exact) mass is 302 g/mol. The molecule has 1 N–H and O–H groups in total. The Bertz CT molecular complexity index is 232. The van der Waals surface area contributed by atoms with Gasteiger partial charge in [0.05, 0.1) is 6.61 Å². The third-order valence-corrected chi connectivity index (χ3v) is 4.19. The highest BCUT2D eigenvalue weighted by Gasteiger charge is 1.96. The van der Waals surface area contributed by atoms with Gasteiger partial charge in [-0.2, -0.15) is 11.8 Å². The molecule has 3 nitrogen and oxygen atoms in total. The second-order valence-electron chi connectivity index (χ2n) is 5.01. The highest BCUT2D eigenvalue weighted by molar-refractivity contribution is 7.99. The van der Waals surface area contributed by atoms with Gasteiger partial charge < -0.3 is 9.84 Å². The van der Waals surface area contributed by atoms with E-state index in [2.05, 4.69) is 11.3 Å². The number of carbonyl (C=O) groups is 1. The summed E-state index contributed by atoms with van der Waals surface area (Å²) in [4.78, 5) is 10.1. The van der Waals surface area contributed by atoms with Crippen molar-refractivity contribution in [2.75, 3.05) is 18.1 Å². The summed E-state index contributed by atoms with van der Waals surface area (Å²) in [6, 6.07) is 0. The third kappa shape index (κ3) is 17.4. The lowest BCUT2D eigenvalue weighted by atomic mass is 10.1. The van der Waals surface area contributed by atoms with Crippen LogP contribution in [0.4, 0.5) is 4.79 Å². The molecule has 0 bridgehead atoms. The Labute approximate surface area is 128 Å². The molecule has 118 valence electrons. The van der Waals surface area contributed by atoms with Crippen molar-refractivity contribution in [3.8, 4) is 0 Å². The molecule has 0 fully saturated rings. The maximum absolute atomic E-state index is 10.1. The zero-order chi connectivity index (χ0) is 14.9. The summed E-state index contributed by atoms with van der Waals surface area (Å²) in [6.45, 7) is 4.06. The normalized spacial score (nSPS) is 10.4. The highest BCUT2D eigenvalue weighted by Crippen LogP contribution is 2.12. The summed E-state index contributed by atoms with van der Waals surface area (Å²) in [6.07, 6.45) is 13.3. The van der Waals surface area contributed by atoms with Crippen LogP contribution in [0.5, 0.6) is 0 Å². The maximum Gasteiger partial charge on any atom is 0.505 e. The molecule has 0 unspecified atom stereocenters. The quantitative estimate of drug-likeness (QED) is 0.246. The Hall–Kier alpha value is -0.640. The van der Waals surface area contributed by atoms with E-state index in [0.29, 0.717) is 6.61 Å². The Balaban J connectivity index is 2.95. The van der Waals surface area contributed by atoms with Gasteiger partial charge in [0.25, 0.3) is 0 Å². The molecule has 20 heavy (non-hydrogen) atoms. The molecule has 0 amide bonds. The summed E-state index contributed by atoms with van der Waals surface area (Å²) in [5.74, 6) is 2.35. The first-order valence-electron chi connectivity index (χ1n) is 7.81. The molecule has 4 heteroatoms. The molecule has 0 aromatic rings. The number of hydrogen-bond donors (Lipinski definition) is 1. The average molecular weight is 302 g/mol. The van der Waals surface area contributed by atoms with Gasteiger partial charge in [0.2, 0.25) is 0 Å². The van der Waals surface area contributed by atoms with Gasteiger partial charge >= 0.3 is 6.16 Å². The van der Waals surface area contributed by atoms with E-state index >= 15 is 0 Å². The molecular formula is C16H30O3S. The first-order chi connectivity index (χ1) is 9.77. The van der Waals surface area contributed by atoms with Crippen LogP contribution in [0.25, 0.3) is 0 Å². The van der Waals surface area contributed by atoms with Crippen LogP contribution in [-0.4, -0.2) is 29.4 Å². The lowest BCUT2D eigenvalue weighted by Crippen LogP contribution is -2.01. The van der Waals surface area contributed by atoms with Gasteiger partial charge in [-0.1, -0.05) is 57.4 Å². The van der Waals surface area contributed by atoms with Gasteiger partial charge in [0.15, 0.2) is 0 Å². The maximum atomic E-state index is 10.1. The van der Waals surface area contributed by atoms with Crippen LogP contribution >= 0.6 is 11.8 Å². The smallest absolute Gasteiger partial charge is 0.450 e. The van der Waals surface area contributed by atoms with Crippen molar-refractivity contribution in [2.24, 2.45) is 0 Å². The number of ether oxygens (including phenoxy) is 1. The molecule has 0 aromatic carbocycles. The Kier molecular flexibility index (Phi) is 15.9. The molecule has 0 rings (SSSR count). The second kappa shape index (κ2) is 16.4. The molecular weight excluding hydrogens is 272 g/mol. The van der Waals surface area contributed by atoms with Gasteiger partial charge in [-0.05, 0) is 18.6 Å². The Morgan fingerprint density at radius 3 is 1.95 bits per heavy atom. The van der Waals surface area contributed by atoms with Crippen molar-refractivity contribution in [3.05, 3.63) is 12.7 Å². The van der Waals surface area contributed by atoms with Crippen LogP contribution in [0.3, 0.4) is 0 Å². The first kappa shape index (κ1) is 19.4. The van der Waals surface area contributed by atoms with E-state index in [-0.39, 0.29) is 0 Å². The minimum atomic E-state index is -1.16. The van der Waals surface area contributed by atoms with Crippen LogP contribution in [0, 0.1) is 0 Å². The molecule has 0 heterocycles. The van der Waals surface area contributed by atoms with Crippen molar-refractivity contribution in [3.63, 3.8) is 0 Å². The fraction of sp³-hybridized carbons (Fsp3) is 0.812. The number of carboxylic acid groups (broad SMARTS) is 1. The summed E-state index contributed by atoms with van der Waals surface area (Å²) >= 11 is 1.97.